The first kappa shape index (κ1) is 13.6. The summed E-state index contributed by atoms with van der Waals surface area (Å²) >= 11 is 0. The molecule has 0 aliphatic carbocycles. The van der Waals surface area contributed by atoms with Crippen molar-refractivity contribution in [3.8, 4) is 28.0 Å². The number of aromatic amines is 1. The fourth-order valence-corrected chi connectivity index (χ4v) is 3.12. The molecule has 4 aromatic rings. The minimum absolute atomic E-state index is 0.258. The summed E-state index contributed by atoms with van der Waals surface area (Å²) < 4.78 is 5.31. The monoisotopic (exact) mass is 304 g/mol. The summed E-state index contributed by atoms with van der Waals surface area (Å²) in [4.78, 5) is 3.27. The van der Waals surface area contributed by atoms with Crippen molar-refractivity contribution < 1.29 is 9.63 Å². The van der Waals surface area contributed by atoms with Crippen LogP contribution in [-0.2, 0) is 0 Å². The lowest BCUT2D eigenvalue weighted by Gasteiger charge is -2.09. The zero-order valence-electron chi connectivity index (χ0n) is 12.9. The normalized spacial score (nSPS) is 11.2. The molecule has 23 heavy (non-hydrogen) atoms. The molecule has 0 amide bonds. The van der Waals surface area contributed by atoms with Crippen LogP contribution >= 0.6 is 0 Å². The molecule has 0 aliphatic rings. The minimum atomic E-state index is 0.258. The highest BCUT2D eigenvalue weighted by molar-refractivity contribution is 5.99. The molecule has 0 unspecified atom stereocenters. The van der Waals surface area contributed by atoms with Gasteiger partial charge in [-0.2, -0.15) is 0 Å². The van der Waals surface area contributed by atoms with Gasteiger partial charge in [0.15, 0.2) is 0 Å². The van der Waals surface area contributed by atoms with E-state index >= 15 is 0 Å². The van der Waals surface area contributed by atoms with Crippen molar-refractivity contribution in [2.45, 2.75) is 13.8 Å². The zero-order valence-corrected chi connectivity index (χ0v) is 12.9. The van der Waals surface area contributed by atoms with E-state index in [9.17, 15) is 5.11 Å². The largest absolute Gasteiger partial charge is 0.508 e. The van der Waals surface area contributed by atoms with E-state index < -0.39 is 0 Å². The Hall–Kier alpha value is -3.01. The molecule has 114 valence electrons. The Bertz CT molecular complexity index is 992. The van der Waals surface area contributed by atoms with Gasteiger partial charge in [-0.1, -0.05) is 17.3 Å². The molecule has 0 saturated heterocycles. The average molecular weight is 304 g/mol. The number of phenolic OH excluding ortho intramolecular Hbond substituents is 1. The third kappa shape index (κ3) is 2.19. The van der Waals surface area contributed by atoms with Gasteiger partial charge in [-0.15, -0.1) is 0 Å². The number of H-pyrrole nitrogens is 1. The smallest absolute Gasteiger partial charge is 0.141 e. The second-order valence-corrected chi connectivity index (χ2v) is 5.71. The van der Waals surface area contributed by atoms with Crippen LogP contribution in [0.2, 0.25) is 0 Å². The van der Waals surface area contributed by atoms with Crippen LogP contribution in [0.1, 0.15) is 11.5 Å². The summed E-state index contributed by atoms with van der Waals surface area (Å²) in [6.07, 6.45) is 1.92. The lowest BCUT2D eigenvalue weighted by atomic mass is 9.95. The molecule has 0 saturated carbocycles. The highest BCUT2D eigenvalue weighted by Crippen LogP contribution is 2.36. The van der Waals surface area contributed by atoms with Crippen LogP contribution in [0, 0.1) is 13.8 Å². The number of phenols is 1. The van der Waals surface area contributed by atoms with E-state index in [0.29, 0.717) is 0 Å². The van der Waals surface area contributed by atoms with E-state index in [-0.39, 0.29) is 5.75 Å². The Morgan fingerprint density at radius 2 is 1.91 bits per heavy atom. The van der Waals surface area contributed by atoms with Gasteiger partial charge in [0.05, 0.1) is 5.69 Å². The number of nitrogens with one attached hydrogen (secondary N) is 1. The number of fused-ring (bicyclic) bond motifs is 1. The fraction of sp³-hybridized carbons (Fsp3) is 0.105. The second-order valence-electron chi connectivity index (χ2n) is 5.71. The number of aromatic nitrogens is 2. The number of rotatable bonds is 2. The Kier molecular flexibility index (Phi) is 2.98. The quantitative estimate of drug-likeness (QED) is 0.558. The van der Waals surface area contributed by atoms with Crippen LogP contribution in [0.4, 0.5) is 0 Å². The number of hydrogen-bond donors (Lipinski definition) is 2. The van der Waals surface area contributed by atoms with Crippen LogP contribution in [0.3, 0.4) is 0 Å². The zero-order chi connectivity index (χ0) is 16.0. The molecule has 4 nitrogen and oxygen atoms in total. The highest BCUT2D eigenvalue weighted by Gasteiger charge is 2.15. The predicted molar refractivity (Wildman–Crippen MR) is 90.4 cm³/mol. The second kappa shape index (κ2) is 5.02. The van der Waals surface area contributed by atoms with E-state index in [1.807, 2.05) is 38.2 Å². The predicted octanol–water partition coefficient (Wildman–Crippen LogP) is 4.81. The summed E-state index contributed by atoms with van der Waals surface area (Å²) in [5.41, 5.74) is 6.02. The van der Waals surface area contributed by atoms with Crippen LogP contribution in [0.15, 0.2) is 53.2 Å². The molecule has 0 aliphatic heterocycles. The van der Waals surface area contributed by atoms with Gasteiger partial charge in [0.2, 0.25) is 0 Å². The number of aromatic hydroxyl groups is 1. The topological polar surface area (TPSA) is 62.1 Å². The molecule has 0 radical (unpaired) electrons. The van der Waals surface area contributed by atoms with Crippen LogP contribution < -0.4 is 0 Å². The number of aryl methyl sites for hydroxylation is 2. The summed E-state index contributed by atoms with van der Waals surface area (Å²) in [7, 11) is 0. The van der Waals surface area contributed by atoms with E-state index in [4.69, 9.17) is 4.52 Å². The van der Waals surface area contributed by atoms with Gasteiger partial charge >= 0.3 is 0 Å². The van der Waals surface area contributed by atoms with E-state index in [1.165, 1.54) is 0 Å². The first-order chi connectivity index (χ1) is 11.1. The van der Waals surface area contributed by atoms with E-state index in [1.54, 1.807) is 12.1 Å². The van der Waals surface area contributed by atoms with Gasteiger partial charge in [-0.3, -0.25) is 0 Å². The fourth-order valence-electron chi connectivity index (χ4n) is 3.12. The maximum atomic E-state index is 9.81. The molecule has 0 bridgehead atoms. The maximum absolute atomic E-state index is 9.81. The third-order valence-electron chi connectivity index (χ3n) is 4.15. The lowest BCUT2D eigenvalue weighted by Crippen LogP contribution is -1.86. The third-order valence-corrected chi connectivity index (χ3v) is 4.15. The van der Waals surface area contributed by atoms with E-state index in [0.717, 1.165) is 44.6 Å². The molecule has 4 heteroatoms. The molecule has 0 spiro atoms. The molecule has 2 heterocycles. The molecular formula is C19H16N2O2. The summed E-state index contributed by atoms with van der Waals surface area (Å²) in [6.45, 7) is 3.86. The van der Waals surface area contributed by atoms with Gasteiger partial charge in [-0.05, 0) is 60.9 Å². The molecule has 0 atom stereocenters. The van der Waals surface area contributed by atoms with Gasteiger partial charge in [0, 0.05) is 22.7 Å². The molecule has 0 fully saturated rings. The minimum Gasteiger partial charge on any atom is -0.508 e. The van der Waals surface area contributed by atoms with Crippen LogP contribution in [0.5, 0.6) is 5.75 Å². The molecule has 2 aromatic carbocycles. The Morgan fingerprint density at radius 3 is 2.65 bits per heavy atom. The maximum Gasteiger partial charge on any atom is 0.141 e. The van der Waals surface area contributed by atoms with Crippen LogP contribution in [-0.4, -0.2) is 15.2 Å². The number of benzene rings is 2. The van der Waals surface area contributed by atoms with Crippen molar-refractivity contribution in [3.63, 3.8) is 0 Å². The summed E-state index contributed by atoms with van der Waals surface area (Å²) in [5.74, 6) is 1.06. The number of nitrogens with zero attached hydrogens (tertiary/aromatic N) is 1. The SMILES string of the molecule is Cc1noc(C)c1-c1cc(-c2cccc(O)c2)c2cc[nH]c2c1. The Morgan fingerprint density at radius 1 is 1.04 bits per heavy atom. The average Bonchev–Trinajstić information content (AvgIpc) is 3.13. The first-order valence-electron chi connectivity index (χ1n) is 7.47. The van der Waals surface area contributed by atoms with Crippen molar-refractivity contribution >= 4 is 10.9 Å². The van der Waals surface area contributed by atoms with Crippen molar-refractivity contribution in [1.82, 2.24) is 10.1 Å². The van der Waals surface area contributed by atoms with Gasteiger partial charge < -0.3 is 14.6 Å². The van der Waals surface area contributed by atoms with Gasteiger partial charge in [0.25, 0.3) is 0 Å². The number of hydrogen-bond acceptors (Lipinski definition) is 3. The van der Waals surface area contributed by atoms with E-state index in [2.05, 4.69) is 22.3 Å². The first-order valence-corrected chi connectivity index (χ1v) is 7.47. The summed E-state index contributed by atoms with van der Waals surface area (Å²) in [5, 5.41) is 15.0. The lowest BCUT2D eigenvalue weighted by molar-refractivity contribution is 0.393. The standard InChI is InChI=1S/C19H16N2O2/c1-11-19(12(2)23-21-11)14-9-17(13-4-3-5-15(22)8-13)16-6-7-20-18(16)10-14/h3-10,20,22H,1-2H3. The highest BCUT2D eigenvalue weighted by atomic mass is 16.5. The van der Waals surface area contributed by atoms with Gasteiger partial charge in [0.1, 0.15) is 11.5 Å². The Labute approximate surface area is 133 Å². The van der Waals surface area contributed by atoms with Crippen molar-refractivity contribution in [1.29, 1.82) is 0 Å². The van der Waals surface area contributed by atoms with Crippen LogP contribution in [0.25, 0.3) is 33.2 Å². The molecule has 2 aromatic heterocycles. The van der Waals surface area contributed by atoms with Crippen molar-refractivity contribution in [2.24, 2.45) is 0 Å². The summed E-state index contributed by atoms with van der Waals surface area (Å²) in [6, 6.07) is 13.6. The Balaban J connectivity index is 2.02. The molecule has 2 N–H and O–H groups in total. The molecule has 4 rings (SSSR count). The molecular weight excluding hydrogens is 288 g/mol. The van der Waals surface area contributed by atoms with Gasteiger partial charge in [-0.25, -0.2) is 0 Å². The van der Waals surface area contributed by atoms with Crippen molar-refractivity contribution in [2.75, 3.05) is 0 Å². The van der Waals surface area contributed by atoms with Crippen molar-refractivity contribution in [3.05, 3.63) is 60.1 Å².